The first kappa shape index (κ1) is 22.0. The number of rotatable bonds is 9. The summed E-state index contributed by atoms with van der Waals surface area (Å²) < 4.78 is 16.6. The van der Waals surface area contributed by atoms with E-state index in [0.717, 1.165) is 19.3 Å². The normalized spacial score (nSPS) is 16.2. The molecule has 0 radical (unpaired) electrons. The molecular weight excluding hydrogens is 386 g/mol. The Morgan fingerprint density at radius 1 is 1.32 bits per heavy atom. The number of hydrogen-bond acceptors (Lipinski definition) is 6. The fourth-order valence-electron chi connectivity index (χ4n) is 2.58. The molecule has 1 aliphatic heterocycles. The second-order valence-electron chi connectivity index (χ2n) is 6.16. The summed E-state index contributed by atoms with van der Waals surface area (Å²) in [6, 6.07) is 3.34. The summed E-state index contributed by atoms with van der Waals surface area (Å²) in [5.41, 5.74) is 2.78. The molecule has 2 rings (SSSR count). The minimum Gasteiger partial charge on any atom is -0.490 e. The predicted octanol–water partition coefficient (Wildman–Crippen LogP) is 2.27. The highest BCUT2D eigenvalue weighted by molar-refractivity contribution is 6.35. The van der Waals surface area contributed by atoms with Gasteiger partial charge in [0, 0.05) is 13.2 Å². The SMILES string of the molecule is CCCOc1c(Cl)cc(/C=N\NC(=O)C(=O)NC[C@@H]2CCCO2)cc1OCC. The second-order valence-corrected chi connectivity index (χ2v) is 6.56. The van der Waals surface area contributed by atoms with Gasteiger partial charge in [-0.25, -0.2) is 5.43 Å². The number of carbonyl (C=O) groups is 2. The standard InChI is InChI=1S/C19H26ClN3O5/c1-3-7-28-17-15(20)9-13(10-16(17)26-4-2)11-22-23-19(25)18(24)21-12-14-6-5-8-27-14/h9-11,14H,3-8,12H2,1-2H3,(H,21,24)(H,23,25)/b22-11-/t14-/m0/s1. The van der Waals surface area contributed by atoms with Crippen LogP contribution in [0.4, 0.5) is 0 Å². The molecule has 0 aliphatic carbocycles. The number of amides is 2. The maximum absolute atomic E-state index is 11.8. The van der Waals surface area contributed by atoms with Crippen LogP contribution in [0.2, 0.25) is 5.02 Å². The molecular formula is C19H26ClN3O5. The van der Waals surface area contributed by atoms with Crippen LogP contribution in [-0.2, 0) is 14.3 Å². The highest BCUT2D eigenvalue weighted by atomic mass is 35.5. The number of hydrazone groups is 1. The van der Waals surface area contributed by atoms with Crippen molar-refractivity contribution >= 4 is 29.6 Å². The van der Waals surface area contributed by atoms with E-state index in [1.54, 1.807) is 12.1 Å². The average Bonchev–Trinajstić information content (AvgIpc) is 3.19. The molecule has 2 amide bonds. The molecule has 1 aromatic carbocycles. The highest BCUT2D eigenvalue weighted by Crippen LogP contribution is 2.36. The zero-order valence-electron chi connectivity index (χ0n) is 16.1. The summed E-state index contributed by atoms with van der Waals surface area (Å²) in [6.07, 6.45) is 4.02. The van der Waals surface area contributed by atoms with Gasteiger partial charge in [-0.15, -0.1) is 0 Å². The van der Waals surface area contributed by atoms with E-state index in [-0.39, 0.29) is 6.10 Å². The molecule has 0 saturated carbocycles. The van der Waals surface area contributed by atoms with Gasteiger partial charge in [0.2, 0.25) is 0 Å². The van der Waals surface area contributed by atoms with Gasteiger partial charge < -0.3 is 19.5 Å². The van der Waals surface area contributed by atoms with Crippen LogP contribution < -0.4 is 20.2 Å². The van der Waals surface area contributed by atoms with Gasteiger partial charge in [-0.05, 0) is 43.9 Å². The lowest BCUT2D eigenvalue weighted by Gasteiger charge is -2.13. The van der Waals surface area contributed by atoms with Crippen molar-refractivity contribution in [2.24, 2.45) is 5.10 Å². The van der Waals surface area contributed by atoms with Crippen LogP contribution in [0, 0.1) is 0 Å². The molecule has 154 valence electrons. The Balaban J connectivity index is 1.92. The Labute approximate surface area is 169 Å². The number of carbonyl (C=O) groups excluding carboxylic acids is 2. The maximum Gasteiger partial charge on any atom is 0.329 e. The third kappa shape index (κ3) is 6.69. The van der Waals surface area contributed by atoms with E-state index in [9.17, 15) is 9.59 Å². The molecule has 1 saturated heterocycles. The average molecular weight is 412 g/mol. The summed E-state index contributed by atoms with van der Waals surface area (Å²) in [5.74, 6) is -0.650. The van der Waals surface area contributed by atoms with Crippen LogP contribution in [0.3, 0.4) is 0 Å². The third-order valence-corrected chi connectivity index (χ3v) is 4.16. The van der Waals surface area contributed by atoms with Crippen molar-refractivity contribution in [2.45, 2.75) is 39.2 Å². The minimum absolute atomic E-state index is 0.0344. The van der Waals surface area contributed by atoms with Crippen molar-refractivity contribution in [1.29, 1.82) is 0 Å². The summed E-state index contributed by atoms with van der Waals surface area (Å²) in [6.45, 7) is 5.81. The van der Waals surface area contributed by atoms with Crippen LogP contribution in [0.15, 0.2) is 17.2 Å². The quantitative estimate of drug-likeness (QED) is 0.369. The number of nitrogens with zero attached hydrogens (tertiary/aromatic N) is 1. The largest absolute Gasteiger partial charge is 0.490 e. The zero-order chi connectivity index (χ0) is 20.4. The second kappa shape index (κ2) is 11.5. The van der Waals surface area contributed by atoms with Crippen molar-refractivity contribution in [2.75, 3.05) is 26.4 Å². The first-order valence-corrected chi connectivity index (χ1v) is 9.74. The lowest BCUT2D eigenvalue weighted by Crippen LogP contribution is -2.41. The van der Waals surface area contributed by atoms with Crippen molar-refractivity contribution in [1.82, 2.24) is 10.7 Å². The Morgan fingerprint density at radius 2 is 2.14 bits per heavy atom. The van der Waals surface area contributed by atoms with Gasteiger partial charge in [-0.1, -0.05) is 18.5 Å². The number of benzene rings is 1. The van der Waals surface area contributed by atoms with Gasteiger partial charge in [0.05, 0.1) is 30.6 Å². The third-order valence-electron chi connectivity index (χ3n) is 3.88. The van der Waals surface area contributed by atoms with Crippen LogP contribution in [0.1, 0.15) is 38.7 Å². The van der Waals surface area contributed by atoms with E-state index < -0.39 is 11.8 Å². The summed E-state index contributed by atoms with van der Waals surface area (Å²) in [7, 11) is 0. The lowest BCUT2D eigenvalue weighted by molar-refractivity contribution is -0.139. The molecule has 9 heteroatoms. The molecule has 1 atom stereocenters. The van der Waals surface area contributed by atoms with E-state index in [1.807, 2.05) is 13.8 Å². The molecule has 0 aromatic heterocycles. The van der Waals surface area contributed by atoms with Gasteiger partial charge in [0.15, 0.2) is 11.5 Å². The fourth-order valence-corrected chi connectivity index (χ4v) is 2.85. The molecule has 1 heterocycles. The predicted molar refractivity (Wildman–Crippen MR) is 106 cm³/mol. The van der Waals surface area contributed by atoms with Gasteiger partial charge in [-0.3, -0.25) is 9.59 Å². The molecule has 2 N–H and O–H groups in total. The van der Waals surface area contributed by atoms with E-state index in [1.165, 1.54) is 6.21 Å². The number of halogens is 1. The highest BCUT2D eigenvalue weighted by Gasteiger charge is 2.19. The molecule has 1 aromatic rings. The van der Waals surface area contributed by atoms with Crippen molar-refractivity contribution in [3.63, 3.8) is 0 Å². The lowest BCUT2D eigenvalue weighted by atomic mass is 10.2. The molecule has 1 fully saturated rings. The zero-order valence-corrected chi connectivity index (χ0v) is 16.9. The van der Waals surface area contributed by atoms with E-state index >= 15 is 0 Å². The minimum atomic E-state index is -0.853. The van der Waals surface area contributed by atoms with Crippen molar-refractivity contribution in [3.8, 4) is 11.5 Å². The fraction of sp³-hybridized carbons (Fsp3) is 0.526. The number of hydrogen-bond donors (Lipinski definition) is 2. The van der Waals surface area contributed by atoms with Crippen molar-refractivity contribution < 1.29 is 23.8 Å². The molecule has 0 bridgehead atoms. The number of nitrogens with one attached hydrogen (secondary N) is 2. The molecule has 0 spiro atoms. The van der Waals surface area contributed by atoms with Gasteiger partial charge in [0.25, 0.3) is 0 Å². The monoisotopic (exact) mass is 411 g/mol. The Bertz CT molecular complexity index is 705. The number of ether oxygens (including phenoxy) is 3. The Kier molecular flexibility index (Phi) is 9.03. The van der Waals surface area contributed by atoms with Crippen LogP contribution >= 0.6 is 11.6 Å². The van der Waals surface area contributed by atoms with E-state index in [4.69, 9.17) is 25.8 Å². The van der Waals surface area contributed by atoms with E-state index in [0.29, 0.717) is 48.5 Å². The van der Waals surface area contributed by atoms with E-state index in [2.05, 4.69) is 15.8 Å². The van der Waals surface area contributed by atoms with Crippen LogP contribution in [-0.4, -0.2) is 50.5 Å². The summed E-state index contributed by atoms with van der Waals surface area (Å²) >= 11 is 6.27. The van der Waals surface area contributed by atoms with Crippen molar-refractivity contribution in [3.05, 3.63) is 22.7 Å². The smallest absolute Gasteiger partial charge is 0.329 e. The summed E-state index contributed by atoms with van der Waals surface area (Å²) in [5, 5.41) is 6.71. The Morgan fingerprint density at radius 3 is 2.82 bits per heavy atom. The summed E-state index contributed by atoms with van der Waals surface area (Å²) in [4.78, 5) is 23.6. The molecule has 8 nitrogen and oxygen atoms in total. The molecule has 1 aliphatic rings. The molecule has 28 heavy (non-hydrogen) atoms. The van der Waals surface area contributed by atoms with Crippen LogP contribution in [0.5, 0.6) is 11.5 Å². The van der Waals surface area contributed by atoms with Crippen LogP contribution in [0.25, 0.3) is 0 Å². The first-order valence-electron chi connectivity index (χ1n) is 9.37. The van der Waals surface area contributed by atoms with Gasteiger partial charge in [0.1, 0.15) is 0 Å². The Hall–Kier alpha value is -2.32. The van der Waals surface area contributed by atoms with Gasteiger partial charge >= 0.3 is 11.8 Å². The maximum atomic E-state index is 11.8. The first-order chi connectivity index (χ1) is 13.5. The van der Waals surface area contributed by atoms with Gasteiger partial charge in [-0.2, -0.15) is 5.10 Å². The topological polar surface area (TPSA) is 98.2 Å². The molecule has 0 unspecified atom stereocenters.